The fraction of sp³-hybridized carbons (Fsp3) is 0.267. The zero-order valence-electron chi connectivity index (χ0n) is 11.8. The van der Waals surface area contributed by atoms with Crippen molar-refractivity contribution in [2.45, 2.75) is 13.0 Å². The van der Waals surface area contributed by atoms with Crippen LogP contribution in [0.4, 0.5) is 5.69 Å². The van der Waals surface area contributed by atoms with Crippen LogP contribution < -0.4 is 10.1 Å². The van der Waals surface area contributed by atoms with Gasteiger partial charge in [-0.05, 0) is 47.1 Å². The molecule has 0 amide bonds. The number of benzene rings is 1. The van der Waals surface area contributed by atoms with E-state index in [9.17, 15) is 4.79 Å². The van der Waals surface area contributed by atoms with Gasteiger partial charge in [0, 0.05) is 4.88 Å². The predicted molar refractivity (Wildman–Crippen MR) is 88.0 cm³/mol. The Balaban J connectivity index is 2.29. The molecule has 0 radical (unpaired) electrons. The van der Waals surface area contributed by atoms with Crippen molar-refractivity contribution < 1.29 is 14.3 Å². The highest BCUT2D eigenvalue weighted by atomic mass is 79.9. The second-order valence-corrected chi connectivity index (χ2v) is 6.67. The molecule has 2 rings (SSSR count). The minimum absolute atomic E-state index is 0.308. The lowest BCUT2D eigenvalue weighted by atomic mass is 10.2. The van der Waals surface area contributed by atoms with Gasteiger partial charge in [-0.25, -0.2) is 4.79 Å². The summed E-state index contributed by atoms with van der Waals surface area (Å²) < 4.78 is 11.4. The van der Waals surface area contributed by atoms with E-state index in [4.69, 9.17) is 9.47 Å². The van der Waals surface area contributed by atoms with E-state index < -0.39 is 6.04 Å². The molecule has 0 saturated carbocycles. The van der Waals surface area contributed by atoms with Gasteiger partial charge in [0.2, 0.25) is 0 Å². The molecular weight excluding hydrogens is 354 g/mol. The molecule has 1 N–H and O–H groups in total. The number of ether oxygens (including phenoxy) is 2. The van der Waals surface area contributed by atoms with Gasteiger partial charge >= 0.3 is 5.97 Å². The van der Waals surface area contributed by atoms with Crippen molar-refractivity contribution in [1.82, 2.24) is 0 Å². The maximum absolute atomic E-state index is 12.2. The smallest absolute Gasteiger partial charge is 0.334 e. The second-order valence-electron chi connectivity index (χ2n) is 4.17. The Morgan fingerprint density at radius 2 is 2.10 bits per heavy atom. The van der Waals surface area contributed by atoms with E-state index in [0.29, 0.717) is 12.4 Å². The topological polar surface area (TPSA) is 47.6 Å². The molecule has 2 aromatic rings. The molecule has 1 heterocycles. The molecule has 4 nitrogen and oxygen atoms in total. The number of methoxy groups -OCH3 is 1. The molecule has 0 aliphatic carbocycles. The van der Waals surface area contributed by atoms with Crippen molar-refractivity contribution in [1.29, 1.82) is 0 Å². The zero-order chi connectivity index (χ0) is 15.2. The third kappa shape index (κ3) is 3.98. The number of nitrogens with one attached hydrogen (secondary N) is 1. The van der Waals surface area contributed by atoms with Gasteiger partial charge in [0.05, 0.1) is 23.2 Å². The number of esters is 1. The Kier molecular flexibility index (Phi) is 5.64. The molecule has 0 spiro atoms. The highest BCUT2D eigenvalue weighted by Crippen LogP contribution is 2.33. The fourth-order valence-electron chi connectivity index (χ4n) is 1.87. The maximum Gasteiger partial charge on any atom is 0.334 e. The molecular formula is C15H16BrNO3S. The van der Waals surface area contributed by atoms with Gasteiger partial charge in [0.25, 0.3) is 0 Å². The first-order chi connectivity index (χ1) is 10.2. The van der Waals surface area contributed by atoms with Crippen LogP contribution in [0.5, 0.6) is 5.75 Å². The summed E-state index contributed by atoms with van der Waals surface area (Å²) in [5.41, 5.74) is 0.752. The number of carbonyl (C=O) groups excluding carboxylic acids is 1. The average molecular weight is 370 g/mol. The van der Waals surface area contributed by atoms with Crippen molar-refractivity contribution in [3.63, 3.8) is 0 Å². The molecule has 1 aromatic carbocycles. The maximum atomic E-state index is 12.2. The summed E-state index contributed by atoms with van der Waals surface area (Å²) in [5.74, 6) is 0.375. The molecule has 112 valence electrons. The number of halogens is 1. The molecule has 0 fully saturated rings. The zero-order valence-corrected chi connectivity index (χ0v) is 14.2. The SMILES string of the molecule is CCOC(=O)C(Nc1ccccc1OC)c1ccc(Br)s1. The van der Waals surface area contributed by atoms with Crippen LogP contribution in [0.1, 0.15) is 17.8 Å². The lowest BCUT2D eigenvalue weighted by Crippen LogP contribution is -2.22. The van der Waals surface area contributed by atoms with Crippen LogP contribution in [-0.4, -0.2) is 19.7 Å². The first-order valence-corrected chi connectivity index (χ1v) is 8.08. The first-order valence-electron chi connectivity index (χ1n) is 6.47. The molecule has 1 aromatic heterocycles. The quantitative estimate of drug-likeness (QED) is 0.773. The van der Waals surface area contributed by atoms with E-state index in [0.717, 1.165) is 14.4 Å². The summed E-state index contributed by atoms with van der Waals surface area (Å²) in [5, 5.41) is 3.20. The van der Waals surface area contributed by atoms with Crippen LogP contribution >= 0.6 is 27.3 Å². The van der Waals surface area contributed by atoms with Crippen LogP contribution in [0.2, 0.25) is 0 Å². The number of anilines is 1. The van der Waals surface area contributed by atoms with Gasteiger partial charge in [-0.3, -0.25) is 0 Å². The Bertz CT molecular complexity index is 614. The largest absolute Gasteiger partial charge is 0.495 e. The van der Waals surface area contributed by atoms with Gasteiger partial charge in [0.15, 0.2) is 6.04 Å². The molecule has 0 aliphatic rings. The molecule has 0 saturated heterocycles. The number of hydrogen-bond donors (Lipinski definition) is 1. The Hall–Kier alpha value is -1.53. The molecule has 1 atom stereocenters. The third-order valence-electron chi connectivity index (χ3n) is 2.81. The Morgan fingerprint density at radius 1 is 1.33 bits per heavy atom. The number of thiophene rings is 1. The number of hydrogen-bond acceptors (Lipinski definition) is 5. The summed E-state index contributed by atoms with van der Waals surface area (Å²) in [6, 6.07) is 10.7. The number of carbonyl (C=O) groups is 1. The number of rotatable bonds is 6. The third-order valence-corrected chi connectivity index (χ3v) is 4.50. The standard InChI is InChI=1S/C15H16BrNO3S/c1-3-20-15(18)14(12-8-9-13(16)21-12)17-10-6-4-5-7-11(10)19-2/h4-9,14,17H,3H2,1-2H3. The minimum Gasteiger partial charge on any atom is -0.495 e. The summed E-state index contributed by atoms with van der Waals surface area (Å²) in [4.78, 5) is 13.1. The summed E-state index contributed by atoms with van der Waals surface area (Å²) in [6.45, 7) is 2.14. The van der Waals surface area contributed by atoms with Crippen molar-refractivity contribution in [2.24, 2.45) is 0 Å². The van der Waals surface area contributed by atoms with Crippen LogP contribution in [-0.2, 0) is 9.53 Å². The lowest BCUT2D eigenvalue weighted by molar-refractivity contribution is -0.144. The highest BCUT2D eigenvalue weighted by molar-refractivity contribution is 9.11. The van der Waals surface area contributed by atoms with Crippen LogP contribution in [0.3, 0.4) is 0 Å². The summed E-state index contributed by atoms with van der Waals surface area (Å²) in [7, 11) is 1.60. The predicted octanol–water partition coefficient (Wildman–Crippen LogP) is 4.24. The molecule has 0 aliphatic heterocycles. The van der Waals surface area contributed by atoms with Crippen LogP contribution in [0.25, 0.3) is 0 Å². The van der Waals surface area contributed by atoms with Crippen molar-refractivity contribution in [3.05, 3.63) is 45.1 Å². The van der Waals surface area contributed by atoms with Crippen molar-refractivity contribution in [2.75, 3.05) is 19.0 Å². The van der Waals surface area contributed by atoms with E-state index in [1.165, 1.54) is 11.3 Å². The van der Waals surface area contributed by atoms with Crippen molar-refractivity contribution in [3.8, 4) is 5.75 Å². The molecule has 0 bridgehead atoms. The summed E-state index contributed by atoms with van der Waals surface area (Å²) in [6.07, 6.45) is 0. The van der Waals surface area contributed by atoms with Crippen molar-refractivity contribution >= 4 is 38.9 Å². The monoisotopic (exact) mass is 369 g/mol. The van der Waals surface area contributed by atoms with Gasteiger partial charge < -0.3 is 14.8 Å². The van der Waals surface area contributed by atoms with Gasteiger partial charge in [-0.15, -0.1) is 11.3 Å². The van der Waals surface area contributed by atoms with E-state index in [1.54, 1.807) is 14.0 Å². The number of para-hydroxylation sites is 2. The minimum atomic E-state index is -0.558. The summed E-state index contributed by atoms with van der Waals surface area (Å²) >= 11 is 4.91. The van der Waals surface area contributed by atoms with Crippen LogP contribution in [0, 0.1) is 0 Å². The Labute approximate surface area is 136 Å². The normalized spacial score (nSPS) is 11.8. The van der Waals surface area contributed by atoms with Gasteiger partial charge in [0.1, 0.15) is 5.75 Å². The second kappa shape index (κ2) is 7.47. The Morgan fingerprint density at radius 3 is 2.71 bits per heavy atom. The van der Waals surface area contributed by atoms with E-state index in [-0.39, 0.29) is 5.97 Å². The van der Waals surface area contributed by atoms with Gasteiger partial charge in [-0.2, -0.15) is 0 Å². The first kappa shape index (κ1) is 15.9. The molecule has 1 unspecified atom stereocenters. The molecule has 6 heteroatoms. The molecule has 21 heavy (non-hydrogen) atoms. The average Bonchev–Trinajstić information content (AvgIpc) is 2.91. The lowest BCUT2D eigenvalue weighted by Gasteiger charge is -2.18. The highest BCUT2D eigenvalue weighted by Gasteiger charge is 2.24. The van der Waals surface area contributed by atoms with E-state index >= 15 is 0 Å². The van der Waals surface area contributed by atoms with Crippen LogP contribution in [0.15, 0.2) is 40.2 Å². The fourth-order valence-corrected chi connectivity index (χ4v) is 3.34. The van der Waals surface area contributed by atoms with E-state index in [2.05, 4.69) is 21.2 Å². The van der Waals surface area contributed by atoms with Gasteiger partial charge in [-0.1, -0.05) is 12.1 Å². The van der Waals surface area contributed by atoms with E-state index in [1.807, 2.05) is 36.4 Å².